The summed E-state index contributed by atoms with van der Waals surface area (Å²) in [4.78, 5) is 6.37. The SMILES string of the molecule is CN(C)c1cccc(OCCCc2nc(CO)cs2)c1. The van der Waals surface area contributed by atoms with Crippen molar-refractivity contribution >= 4 is 17.0 Å². The molecule has 0 radical (unpaired) electrons. The number of aryl methyl sites for hydroxylation is 1. The Bertz CT molecular complexity index is 540. The van der Waals surface area contributed by atoms with Crippen molar-refractivity contribution < 1.29 is 9.84 Å². The number of nitrogens with zero attached hydrogens (tertiary/aromatic N) is 2. The number of ether oxygens (including phenoxy) is 1. The lowest BCUT2D eigenvalue weighted by molar-refractivity contribution is 0.277. The van der Waals surface area contributed by atoms with E-state index in [0.717, 1.165) is 35.0 Å². The lowest BCUT2D eigenvalue weighted by atomic mass is 10.3. The summed E-state index contributed by atoms with van der Waals surface area (Å²) < 4.78 is 5.75. The molecule has 0 amide bonds. The van der Waals surface area contributed by atoms with E-state index in [-0.39, 0.29) is 6.61 Å². The van der Waals surface area contributed by atoms with E-state index in [0.29, 0.717) is 6.61 Å². The molecular weight excluding hydrogens is 272 g/mol. The van der Waals surface area contributed by atoms with E-state index in [1.165, 1.54) is 0 Å². The van der Waals surface area contributed by atoms with Crippen molar-refractivity contribution in [1.29, 1.82) is 0 Å². The first-order valence-electron chi connectivity index (χ1n) is 6.63. The van der Waals surface area contributed by atoms with Crippen molar-refractivity contribution in [2.24, 2.45) is 0 Å². The second kappa shape index (κ2) is 7.26. The van der Waals surface area contributed by atoms with Crippen LogP contribution in [-0.2, 0) is 13.0 Å². The summed E-state index contributed by atoms with van der Waals surface area (Å²) >= 11 is 1.59. The first kappa shape index (κ1) is 14.8. The number of hydrogen-bond donors (Lipinski definition) is 1. The summed E-state index contributed by atoms with van der Waals surface area (Å²) in [6.45, 7) is 0.690. The molecule has 5 heteroatoms. The first-order chi connectivity index (χ1) is 9.69. The van der Waals surface area contributed by atoms with Gasteiger partial charge in [0.2, 0.25) is 0 Å². The van der Waals surface area contributed by atoms with Crippen LogP contribution in [0.3, 0.4) is 0 Å². The minimum Gasteiger partial charge on any atom is -0.494 e. The average Bonchev–Trinajstić information content (AvgIpc) is 2.92. The molecule has 20 heavy (non-hydrogen) atoms. The van der Waals surface area contributed by atoms with Crippen LogP contribution in [0.25, 0.3) is 0 Å². The standard InChI is InChI=1S/C15H20N2O2S/c1-17(2)13-5-3-6-14(9-13)19-8-4-7-15-16-12(10-18)11-20-15/h3,5-6,9,11,18H,4,7-8,10H2,1-2H3. The number of aliphatic hydroxyl groups excluding tert-OH is 1. The summed E-state index contributed by atoms with van der Waals surface area (Å²) in [5, 5.41) is 11.9. The van der Waals surface area contributed by atoms with Crippen molar-refractivity contribution in [2.45, 2.75) is 19.4 Å². The molecule has 1 N–H and O–H groups in total. The summed E-state index contributed by atoms with van der Waals surface area (Å²) in [6, 6.07) is 8.06. The number of rotatable bonds is 7. The van der Waals surface area contributed by atoms with Gasteiger partial charge in [-0.3, -0.25) is 0 Å². The van der Waals surface area contributed by atoms with Crippen LogP contribution in [0.2, 0.25) is 0 Å². The number of benzene rings is 1. The van der Waals surface area contributed by atoms with Gasteiger partial charge in [0.15, 0.2) is 0 Å². The molecule has 0 unspecified atom stereocenters. The molecule has 0 atom stereocenters. The maximum Gasteiger partial charge on any atom is 0.121 e. The zero-order valence-corrected chi connectivity index (χ0v) is 12.7. The second-order valence-electron chi connectivity index (χ2n) is 4.73. The average molecular weight is 292 g/mol. The Morgan fingerprint density at radius 2 is 2.20 bits per heavy atom. The Morgan fingerprint density at radius 1 is 1.35 bits per heavy atom. The molecule has 1 aromatic carbocycles. The molecule has 0 aliphatic heterocycles. The highest BCUT2D eigenvalue weighted by molar-refractivity contribution is 7.09. The van der Waals surface area contributed by atoms with Gasteiger partial charge in [-0.2, -0.15) is 0 Å². The minimum absolute atomic E-state index is 0.0182. The van der Waals surface area contributed by atoms with Crippen LogP contribution in [-0.4, -0.2) is 30.8 Å². The van der Waals surface area contributed by atoms with E-state index in [1.54, 1.807) is 11.3 Å². The first-order valence-corrected chi connectivity index (χ1v) is 7.51. The summed E-state index contributed by atoms with van der Waals surface area (Å²) in [5.74, 6) is 0.895. The van der Waals surface area contributed by atoms with E-state index >= 15 is 0 Å². The molecule has 0 saturated carbocycles. The Kier molecular flexibility index (Phi) is 5.38. The summed E-state index contributed by atoms with van der Waals surface area (Å²) in [6.07, 6.45) is 1.81. The van der Waals surface area contributed by atoms with Crippen LogP contribution in [0.4, 0.5) is 5.69 Å². The number of hydrogen-bond acceptors (Lipinski definition) is 5. The van der Waals surface area contributed by atoms with Crippen LogP contribution in [0.5, 0.6) is 5.75 Å². The van der Waals surface area contributed by atoms with Gasteiger partial charge in [0.25, 0.3) is 0 Å². The third-order valence-corrected chi connectivity index (χ3v) is 3.86. The molecule has 0 bridgehead atoms. The smallest absolute Gasteiger partial charge is 0.121 e. The summed E-state index contributed by atoms with van der Waals surface area (Å²) in [5.41, 5.74) is 1.89. The predicted molar refractivity (Wildman–Crippen MR) is 82.6 cm³/mol. The molecule has 4 nitrogen and oxygen atoms in total. The van der Waals surface area contributed by atoms with Gasteiger partial charge >= 0.3 is 0 Å². The Morgan fingerprint density at radius 3 is 2.90 bits per heavy atom. The van der Waals surface area contributed by atoms with E-state index in [9.17, 15) is 0 Å². The zero-order valence-electron chi connectivity index (χ0n) is 11.9. The highest BCUT2D eigenvalue weighted by Crippen LogP contribution is 2.19. The maximum atomic E-state index is 8.96. The largest absolute Gasteiger partial charge is 0.494 e. The number of thiazole rings is 1. The van der Waals surface area contributed by atoms with Crippen LogP contribution in [0.15, 0.2) is 29.6 Å². The normalized spacial score (nSPS) is 10.6. The van der Waals surface area contributed by atoms with Crippen molar-refractivity contribution in [3.05, 3.63) is 40.3 Å². The highest BCUT2D eigenvalue weighted by atomic mass is 32.1. The van der Waals surface area contributed by atoms with E-state index in [4.69, 9.17) is 9.84 Å². The lowest BCUT2D eigenvalue weighted by Crippen LogP contribution is -2.08. The molecule has 0 spiro atoms. The van der Waals surface area contributed by atoms with Gasteiger partial charge < -0.3 is 14.7 Å². The van der Waals surface area contributed by atoms with Crippen molar-refractivity contribution in [3.8, 4) is 5.75 Å². The molecule has 2 rings (SSSR count). The molecule has 108 valence electrons. The van der Waals surface area contributed by atoms with Crippen molar-refractivity contribution in [1.82, 2.24) is 4.98 Å². The quantitative estimate of drug-likeness (QED) is 0.797. The number of aliphatic hydroxyl groups is 1. The molecule has 1 aromatic heterocycles. The van der Waals surface area contributed by atoms with Crippen molar-refractivity contribution in [3.63, 3.8) is 0 Å². The van der Waals surface area contributed by atoms with Gasteiger partial charge in [0, 0.05) is 37.6 Å². The van der Waals surface area contributed by atoms with Crippen LogP contribution in [0, 0.1) is 0 Å². The van der Waals surface area contributed by atoms with Crippen LogP contribution >= 0.6 is 11.3 Å². The van der Waals surface area contributed by atoms with Gasteiger partial charge in [-0.05, 0) is 18.6 Å². The Labute approximate surface area is 123 Å². The molecular formula is C15H20N2O2S. The molecule has 0 aliphatic rings. The van der Waals surface area contributed by atoms with E-state index in [2.05, 4.69) is 16.0 Å². The lowest BCUT2D eigenvalue weighted by Gasteiger charge is -2.13. The van der Waals surface area contributed by atoms with Gasteiger partial charge in [0.1, 0.15) is 5.75 Å². The number of anilines is 1. The maximum absolute atomic E-state index is 8.96. The third kappa shape index (κ3) is 4.21. The molecule has 0 aliphatic carbocycles. The van der Waals surface area contributed by atoms with Crippen LogP contribution < -0.4 is 9.64 Å². The predicted octanol–water partition coefficient (Wildman–Crippen LogP) is 2.71. The highest BCUT2D eigenvalue weighted by Gasteiger charge is 2.02. The van der Waals surface area contributed by atoms with E-state index in [1.807, 2.05) is 37.7 Å². The van der Waals surface area contributed by atoms with Crippen molar-refractivity contribution in [2.75, 3.05) is 25.6 Å². The fourth-order valence-corrected chi connectivity index (χ4v) is 2.63. The fraction of sp³-hybridized carbons (Fsp3) is 0.400. The Hall–Kier alpha value is -1.59. The molecule has 1 heterocycles. The monoisotopic (exact) mass is 292 g/mol. The molecule has 2 aromatic rings. The minimum atomic E-state index is 0.0182. The topological polar surface area (TPSA) is 45.6 Å². The zero-order chi connectivity index (χ0) is 14.4. The third-order valence-electron chi connectivity index (χ3n) is 2.90. The summed E-state index contributed by atoms with van der Waals surface area (Å²) in [7, 11) is 4.03. The van der Waals surface area contributed by atoms with E-state index < -0.39 is 0 Å². The Balaban J connectivity index is 1.77. The fourth-order valence-electron chi connectivity index (χ4n) is 1.80. The van der Waals surface area contributed by atoms with Gasteiger partial charge in [-0.25, -0.2) is 4.98 Å². The number of aromatic nitrogens is 1. The van der Waals surface area contributed by atoms with Gasteiger partial charge in [0.05, 0.1) is 23.9 Å². The van der Waals surface area contributed by atoms with Crippen LogP contribution in [0.1, 0.15) is 17.1 Å². The second-order valence-corrected chi connectivity index (χ2v) is 5.68. The van der Waals surface area contributed by atoms with Gasteiger partial charge in [-0.1, -0.05) is 6.07 Å². The van der Waals surface area contributed by atoms with Gasteiger partial charge in [-0.15, -0.1) is 11.3 Å². The molecule has 0 fully saturated rings. The molecule has 0 saturated heterocycles.